The van der Waals surface area contributed by atoms with Gasteiger partial charge in [-0.1, -0.05) is 356 Å². The second kappa shape index (κ2) is 66.5. The van der Waals surface area contributed by atoms with Gasteiger partial charge in [-0.05, 0) is 70.6 Å². The Bertz CT molecular complexity index is 1610. The van der Waals surface area contributed by atoms with Crippen LogP contribution < -0.4 is 5.32 Å². The average molecular weight is 1220 g/mol. The molecule has 0 aromatic heterocycles. The van der Waals surface area contributed by atoms with Crippen LogP contribution in [0.5, 0.6) is 0 Å². The highest BCUT2D eigenvalue weighted by Gasteiger charge is 2.44. The number of carbonyl (C=O) groups excluding carboxylic acids is 1. The highest BCUT2D eigenvalue weighted by Crippen LogP contribution is 2.24. The number of hydrogen-bond donors (Lipinski definition) is 6. The Morgan fingerprint density at radius 1 is 0.402 bits per heavy atom. The van der Waals surface area contributed by atoms with Crippen LogP contribution in [-0.2, 0) is 14.3 Å². The van der Waals surface area contributed by atoms with Gasteiger partial charge in [-0.3, -0.25) is 4.79 Å². The summed E-state index contributed by atoms with van der Waals surface area (Å²) in [5.41, 5.74) is 0. The maximum atomic E-state index is 13.1. The van der Waals surface area contributed by atoms with Gasteiger partial charge in [-0.2, -0.15) is 0 Å². The number of amides is 1. The SMILES string of the molecule is CC/C=C\C/C=C\C/C=C\C/C=C\CCCCCCCCCCCCCCCCCCCCC(=O)NC(COC1OC(CO)C(O)C(O)C1O)C(O)/C=C/CC/C=C/CCCCCCCCCCCCCCCCCCCCCCCCCCCCC. The highest BCUT2D eigenvalue weighted by atomic mass is 16.7. The molecule has 0 bridgehead atoms. The molecule has 0 aromatic carbocycles. The number of aliphatic hydroxyl groups is 5. The Labute approximate surface area is 538 Å². The number of allylic oxidation sites excluding steroid dienone is 11. The van der Waals surface area contributed by atoms with Crippen molar-refractivity contribution in [3.8, 4) is 0 Å². The first kappa shape index (κ1) is 82.6. The zero-order valence-corrected chi connectivity index (χ0v) is 57.0. The van der Waals surface area contributed by atoms with Gasteiger partial charge in [0, 0.05) is 6.42 Å². The Morgan fingerprint density at radius 3 is 1.10 bits per heavy atom. The molecule has 1 aliphatic rings. The van der Waals surface area contributed by atoms with Crippen molar-refractivity contribution in [2.24, 2.45) is 0 Å². The second-order valence-corrected chi connectivity index (χ2v) is 26.1. The zero-order valence-electron chi connectivity index (χ0n) is 57.0. The molecule has 0 aromatic rings. The molecular formula is C78H143NO8. The lowest BCUT2D eigenvalue weighted by molar-refractivity contribution is -0.302. The largest absolute Gasteiger partial charge is 0.394 e. The van der Waals surface area contributed by atoms with E-state index in [-0.39, 0.29) is 12.5 Å². The predicted molar refractivity (Wildman–Crippen MR) is 373 cm³/mol. The molecule has 0 radical (unpaired) electrons. The fourth-order valence-corrected chi connectivity index (χ4v) is 11.9. The third kappa shape index (κ3) is 55.0. The van der Waals surface area contributed by atoms with E-state index in [1.54, 1.807) is 6.08 Å². The van der Waals surface area contributed by atoms with Crippen molar-refractivity contribution in [2.75, 3.05) is 13.2 Å². The lowest BCUT2D eigenvalue weighted by Crippen LogP contribution is -2.60. The first-order valence-electron chi connectivity index (χ1n) is 37.7. The number of unbranched alkanes of at least 4 members (excludes halogenated alkanes) is 46. The van der Waals surface area contributed by atoms with Crippen LogP contribution in [-0.4, -0.2) is 87.5 Å². The van der Waals surface area contributed by atoms with E-state index in [4.69, 9.17) is 9.47 Å². The fourth-order valence-electron chi connectivity index (χ4n) is 11.9. The Morgan fingerprint density at radius 2 is 0.724 bits per heavy atom. The summed E-state index contributed by atoms with van der Waals surface area (Å²) in [6.45, 7) is 3.70. The van der Waals surface area contributed by atoms with Crippen LogP contribution in [0.4, 0.5) is 0 Å². The smallest absolute Gasteiger partial charge is 0.220 e. The molecule has 0 saturated carbocycles. The molecule has 9 nitrogen and oxygen atoms in total. The van der Waals surface area contributed by atoms with Gasteiger partial charge in [0.25, 0.3) is 0 Å². The lowest BCUT2D eigenvalue weighted by Gasteiger charge is -2.40. The van der Waals surface area contributed by atoms with Crippen LogP contribution in [0.3, 0.4) is 0 Å². The molecule has 0 aliphatic carbocycles. The summed E-state index contributed by atoms with van der Waals surface area (Å²) in [5.74, 6) is -0.182. The molecule has 6 N–H and O–H groups in total. The highest BCUT2D eigenvalue weighted by molar-refractivity contribution is 5.76. The minimum atomic E-state index is -1.58. The van der Waals surface area contributed by atoms with Crippen LogP contribution >= 0.6 is 0 Å². The summed E-state index contributed by atoms with van der Waals surface area (Å²) in [5, 5.41) is 54.8. The summed E-state index contributed by atoms with van der Waals surface area (Å²) >= 11 is 0. The van der Waals surface area contributed by atoms with E-state index in [1.807, 2.05) is 6.08 Å². The molecule has 508 valence electrons. The lowest BCUT2D eigenvalue weighted by atomic mass is 9.99. The molecule has 1 heterocycles. The van der Waals surface area contributed by atoms with Crippen molar-refractivity contribution in [1.29, 1.82) is 0 Å². The van der Waals surface area contributed by atoms with Crippen molar-refractivity contribution in [3.63, 3.8) is 0 Å². The van der Waals surface area contributed by atoms with E-state index in [0.717, 1.165) is 64.2 Å². The quantitative estimate of drug-likeness (QED) is 0.0261. The van der Waals surface area contributed by atoms with Gasteiger partial charge in [0.1, 0.15) is 24.4 Å². The first-order chi connectivity index (χ1) is 42.8. The summed E-state index contributed by atoms with van der Waals surface area (Å²) in [6, 6.07) is -0.826. The number of hydrogen-bond acceptors (Lipinski definition) is 8. The molecule has 1 saturated heterocycles. The summed E-state index contributed by atoms with van der Waals surface area (Å²) in [7, 11) is 0. The molecule has 7 unspecified atom stereocenters. The van der Waals surface area contributed by atoms with Crippen LogP contribution in [0.1, 0.15) is 361 Å². The van der Waals surface area contributed by atoms with Crippen LogP contribution in [0.25, 0.3) is 0 Å². The van der Waals surface area contributed by atoms with Crippen molar-refractivity contribution in [1.82, 2.24) is 5.32 Å². The molecule has 87 heavy (non-hydrogen) atoms. The fraction of sp³-hybridized carbons (Fsp3) is 0.833. The standard InChI is InChI=1S/C78H143NO8/c1-3-5-7-9-11-13-15-17-19-21-23-25-27-29-31-33-35-36-38-39-41-43-45-47-49-51-53-55-57-59-61-63-65-67-72(81)71(70-86-78-77(85)76(84)75(83)73(69-80)87-78)79-74(82)68-66-64-62-60-58-56-54-52-50-48-46-44-42-40-37-34-32-30-28-26-24-22-20-18-16-14-12-10-8-6-4-2/h6,8,12,14,18,20,24,26,57,59,65,67,71-73,75-78,80-81,83-85H,3-5,7,9-11,13,15-17,19,21-23,25,27-56,58,60-64,66,68-70H2,1-2H3,(H,79,82)/b8-6-,14-12-,20-18-,26-24-,59-57+,67-65+. The number of nitrogens with one attached hydrogen (secondary N) is 1. The van der Waals surface area contributed by atoms with Gasteiger partial charge >= 0.3 is 0 Å². The van der Waals surface area contributed by atoms with Crippen LogP contribution in [0, 0.1) is 0 Å². The van der Waals surface area contributed by atoms with Gasteiger partial charge in [-0.25, -0.2) is 0 Å². The number of carbonyl (C=O) groups is 1. The van der Waals surface area contributed by atoms with Crippen molar-refractivity contribution in [2.45, 2.75) is 403 Å². The normalized spacial score (nSPS) is 18.4. The zero-order chi connectivity index (χ0) is 62.8. The minimum absolute atomic E-state index is 0.182. The molecule has 9 heteroatoms. The third-order valence-electron chi connectivity index (χ3n) is 17.8. The molecule has 1 rings (SSSR count). The topological polar surface area (TPSA) is 149 Å². The van der Waals surface area contributed by atoms with Crippen molar-refractivity contribution >= 4 is 5.91 Å². The molecular weight excluding hydrogens is 1080 g/mol. The van der Waals surface area contributed by atoms with E-state index in [2.05, 4.69) is 79.9 Å². The third-order valence-corrected chi connectivity index (χ3v) is 17.8. The molecule has 1 fully saturated rings. The van der Waals surface area contributed by atoms with E-state index in [9.17, 15) is 30.3 Å². The Balaban J connectivity index is 2.11. The van der Waals surface area contributed by atoms with Crippen LogP contribution in [0.15, 0.2) is 72.9 Å². The van der Waals surface area contributed by atoms with E-state index < -0.39 is 49.5 Å². The average Bonchev–Trinajstić information content (AvgIpc) is 3.47. The minimum Gasteiger partial charge on any atom is -0.394 e. The number of aliphatic hydroxyl groups excluding tert-OH is 5. The Kier molecular flexibility index (Phi) is 63.2. The van der Waals surface area contributed by atoms with Crippen molar-refractivity contribution < 1.29 is 39.8 Å². The van der Waals surface area contributed by atoms with Crippen LogP contribution in [0.2, 0.25) is 0 Å². The first-order valence-corrected chi connectivity index (χ1v) is 37.7. The van der Waals surface area contributed by atoms with E-state index in [1.165, 1.54) is 276 Å². The van der Waals surface area contributed by atoms with Crippen molar-refractivity contribution in [3.05, 3.63) is 72.9 Å². The summed E-state index contributed by atoms with van der Waals surface area (Å²) < 4.78 is 11.3. The van der Waals surface area contributed by atoms with Gasteiger partial charge in [0.05, 0.1) is 25.4 Å². The predicted octanol–water partition coefficient (Wildman–Crippen LogP) is 21.1. The van der Waals surface area contributed by atoms with E-state index >= 15 is 0 Å². The van der Waals surface area contributed by atoms with E-state index in [0.29, 0.717) is 6.42 Å². The monoisotopic (exact) mass is 1220 g/mol. The molecule has 1 aliphatic heterocycles. The maximum absolute atomic E-state index is 13.1. The second-order valence-electron chi connectivity index (χ2n) is 26.1. The number of rotatable bonds is 66. The van der Waals surface area contributed by atoms with Gasteiger partial charge in [0.15, 0.2) is 6.29 Å². The van der Waals surface area contributed by atoms with Gasteiger partial charge < -0.3 is 40.3 Å². The molecule has 1 amide bonds. The molecule has 7 atom stereocenters. The number of ether oxygens (including phenoxy) is 2. The summed E-state index contributed by atoms with van der Waals surface area (Å²) in [6.07, 6.45) is 87.5. The molecule has 0 spiro atoms. The van der Waals surface area contributed by atoms with Gasteiger partial charge in [0.2, 0.25) is 5.91 Å². The Hall–Kier alpha value is -2.37. The maximum Gasteiger partial charge on any atom is 0.220 e. The van der Waals surface area contributed by atoms with Gasteiger partial charge in [-0.15, -0.1) is 0 Å². The summed E-state index contributed by atoms with van der Waals surface area (Å²) in [4.78, 5) is 13.1.